The van der Waals surface area contributed by atoms with Crippen LogP contribution in [0, 0.1) is 0 Å². The second-order valence-corrected chi connectivity index (χ2v) is 4.35. The van der Waals surface area contributed by atoms with E-state index in [4.69, 9.17) is 15.2 Å². The van der Waals surface area contributed by atoms with Crippen molar-refractivity contribution in [1.82, 2.24) is 0 Å². The molecule has 0 saturated carbocycles. The molecule has 4 nitrogen and oxygen atoms in total. The first-order valence-electron chi connectivity index (χ1n) is 6.09. The summed E-state index contributed by atoms with van der Waals surface area (Å²) in [5.41, 5.74) is 6.30. The van der Waals surface area contributed by atoms with Crippen LogP contribution in [0.1, 0.15) is 36.7 Å². The number of hydrogen-bond acceptors (Lipinski definition) is 4. The van der Waals surface area contributed by atoms with E-state index < -0.39 is 12.3 Å². The summed E-state index contributed by atoms with van der Waals surface area (Å²) in [5.74, 6) is 1.07. The standard InChI is InChI=1S/C13H18FNO3/c1-8(14)9-5-12-13(18-4-2-3-17-12)6-10(9)11(16)7-15/h5-6,8,11,16H,2-4,7,15H2,1H3. The third-order valence-electron chi connectivity index (χ3n) is 2.96. The lowest BCUT2D eigenvalue weighted by Crippen LogP contribution is -2.14. The van der Waals surface area contributed by atoms with Gasteiger partial charge in [0.1, 0.15) is 6.17 Å². The first kappa shape index (κ1) is 13.1. The molecule has 0 amide bonds. The van der Waals surface area contributed by atoms with Crippen LogP contribution >= 0.6 is 0 Å². The predicted octanol–water partition coefficient (Wildman–Crippen LogP) is 1.87. The molecule has 1 heterocycles. The number of alkyl halides is 1. The first-order valence-corrected chi connectivity index (χ1v) is 6.09. The second-order valence-electron chi connectivity index (χ2n) is 4.35. The zero-order valence-corrected chi connectivity index (χ0v) is 10.4. The average molecular weight is 255 g/mol. The van der Waals surface area contributed by atoms with Gasteiger partial charge >= 0.3 is 0 Å². The van der Waals surface area contributed by atoms with Crippen molar-refractivity contribution in [3.8, 4) is 11.5 Å². The number of hydrogen-bond donors (Lipinski definition) is 2. The van der Waals surface area contributed by atoms with Crippen LogP contribution in [-0.4, -0.2) is 24.9 Å². The van der Waals surface area contributed by atoms with Crippen LogP contribution in [0.3, 0.4) is 0 Å². The van der Waals surface area contributed by atoms with Crippen LogP contribution in [0.2, 0.25) is 0 Å². The van der Waals surface area contributed by atoms with Crippen LogP contribution in [0.4, 0.5) is 4.39 Å². The predicted molar refractivity (Wildman–Crippen MR) is 65.6 cm³/mol. The molecule has 1 aromatic rings. The summed E-state index contributed by atoms with van der Waals surface area (Å²) in [7, 11) is 0. The zero-order valence-electron chi connectivity index (χ0n) is 10.4. The van der Waals surface area contributed by atoms with Gasteiger partial charge in [-0.15, -0.1) is 0 Å². The topological polar surface area (TPSA) is 64.7 Å². The Balaban J connectivity index is 2.47. The second kappa shape index (κ2) is 5.54. The maximum absolute atomic E-state index is 13.6. The Morgan fingerprint density at radius 3 is 2.33 bits per heavy atom. The number of nitrogens with two attached hydrogens (primary N) is 1. The van der Waals surface area contributed by atoms with Crippen molar-refractivity contribution in [1.29, 1.82) is 0 Å². The average Bonchev–Trinajstić information content (AvgIpc) is 2.60. The van der Waals surface area contributed by atoms with Gasteiger partial charge in [-0.3, -0.25) is 0 Å². The highest BCUT2D eigenvalue weighted by Crippen LogP contribution is 2.38. The molecule has 5 heteroatoms. The molecule has 0 aromatic heterocycles. The van der Waals surface area contributed by atoms with E-state index in [1.54, 1.807) is 12.1 Å². The summed E-state index contributed by atoms with van der Waals surface area (Å²) in [6, 6.07) is 3.23. The van der Waals surface area contributed by atoms with Gasteiger partial charge in [0.25, 0.3) is 0 Å². The molecule has 2 atom stereocenters. The fourth-order valence-corrected chi connectivity index (χ4v) is 2.00. The third-order valence-corrected chi connectivity index (χ3v) is 2.96. The third kappa shape index (κ3) is 2.57. The number of rotatable bonds is 3. The van der Waals surface area contributed by atoms with E-state index in [0.717, 1.165) is 6.42 Å². The van der Waals surface area contributed by atoms with Gasteiger partial charge in [-0.05, 0) is 30.2 Å². The summed E-state index contributed by atoms with van der Waals surface area (Å²) >= 11 is 0. The maximum Gasteiger partial charge on any atom is 0.161 e. The molecule has 1 aliphatic heterocycles. The molecule has 0 bridgehead atoms. The lowest BCUT2D eigenvalue weighted by atomic mass is 9.98. The normalized spacial score (nSPS) is 18.0. The Hall–Kier alpha value is -1.33. The number of fused-ring (bicyclic) bond motifs is 1. The summed E-state index contributed by atoms with van der Waals surface area (Å²) in [6.45, 7) is 2.56. The Labute approximate surface area is 106 Å². The fourth-order valence-electron chi connectivity index (χ4n) is 2.00. The van der Waals surface area contributed by atoms with E-state index in [1.165, 1.54) is 6.92 Å². The minimum atomic E-state index is -1.20. The molecular formula is C13H18FNO3. The molecule has 100 valence electrons. The molecule has 3 N–H and O–H groups in total. The quantitative estimate of drug-likeness (QED) is 0.865. The van der Waals surface area contributed by atoms with Crippen LogP contribution in [-0.2, 0) is 0 Å². The number of aliphatic hydroxyl groups is 1. The van der Waals surface area contributed by atoms with Crippen molar-refractivity contribution in [3.63, 3.8) is 0 Å². The maximum atomic E-state index is 13.6. The van der Waals surface area contributed by atoms with E-state index >= 15 is 0 Å². The minimum Gasteiger partial charge on any atom is -0.490 e. The molecule has 2 rings (SSSR count). The van der Waals surface area contributed by atoms with Gasteiger partial charge in [0, 0.05) is 13.0 Å². The Morgan fingerprint density at radius 1 is 1.28 bits per heavy atom. The minimum absolute atomic E-state index is 0.0410. The van der Waals surface area contributed by atoms with E-state index in [0.29, 0.717) is 35.8 Å². The lowest BCUT2D eigenvalue weighted by molar-refractivity contribution is 0.182. The Kier molecular flexibility index (Phi) is 4.04. The van der Waals surface area contributed by atoms with E-state index in [9.17, 15) is 9.50 Å². The first-order chi connectivity index (χ1) is 8.63. The SMILES string of the molecule is CC(F)c1cc2c(cc1C(O)CN)OCCCO2. The van der Waals surface area contributed by atoms with Crippen LogP contribution in [0.5, 0.6) is 11.5 Å². The molecule has 0 aliphatic carbocycles. The van der Waals surface area contributed by atoms with Gasteiger partial charge < -0.3 is 20.3 Å². The lowest BCUT2D eigenvalue weighted by Gasteiger charge is -2.18. The highest BCUT2D eigenvalue weighted by molar-refractivity contribution is 5.49. The van der Waals surface area contributed by atoms with Gasteiger partial charge in [-0.1, -0.05) is 0 Å². The fraction of sp³-hybridized carbons (Fsp3) is 0.538. The van der Waals surface area contributed by atoms with Crippen molar-refractivity contribution in [3.05, 3.63) is 23.3 Å². The van der Waals surface area contributed by atoms with E-state index in [2.05, 4.69) is 0 Å². The van der Waals surface area contributed by atoms with E-state index in [-0.39, 0.29) is 6.54 Å². The van der Waals surface area contributed by atoms with Crippen molar-refractivity contribution < 1.29 is 19.0 Å². The van der Waals surface area contributed by atoms with E-state index in [1.807, 2.05) is 0 Å². The molecule has 18 heavy (non-hydrogen) atoms. The molecule has 1 aliphatic rings. The number of halogens is 1. The summed E-state index contributed by atoms with van der Waals surface area (Å²) in [6.07, 6.45) is -1.31. The van der Waals surface area contributed by atoms with Gasteiger partial charge in [-0.25, -0.2) is 4.39 Å². The molecule has 0 saturated heterocycles. The highest BCUT2D eigenvalue weighted by atomic mass is 19.1. The summed E-state index contributed by atoms with van der Waals surface area (Å²) in [5, 5.41) is 9.84. The smallest absolute Gasteiger partial charge is 0.161 e. The van der Waals surface area contributed by atoms with Crippen LogP contribution < -0.4 is 15.2 Å². The molecular weight excluding hydrogens is 237 g/mol. The Morgan fingerprint density at radius 2 is 1.83 bits per heavy atom. The molecule has 0 spiro atoms. The van der Waals surface area contributed by atoms with Crippen molar-refractivity contribution in [2.45, 2.75) is 25.6 Å². The molecule has 2 unspecified atom stereocenters. The molecule has 0 radical (unpaired) electrons. The van der Waals surface area contributed by atoms with Crippen molar-refractivity contribution in [2.75, 3.05) is 19.8 Å². The van der Waals surface area contributed by atoms with Gasteiger partial charge in [0.2, 0.25) is 0 Å². The van der Waals surface area contributed by atoms with Gasteiger partial charge in [0.15, 0.2) is 11.5 Å². The van der Waals surface area contributed by atoms with Crippen molar-refractivity contribution >= 4 is 0 Å². The van der Waals surface area contributed by atoms with Gasteiger partial charge in [0.05, 0.1) is 19.3 Å². The monoisotopic (exact) mass is 255 g/mol. The zero-order chi connectivity index (χ0) is 13.1. The van der Waals surface area contributed by atoms with Crippen LogP contribution in [0.25, 0.3) is 0 Å². The number of benzene rings is 1. The largest absolute Gasteiger partial charge is 0.490 e. The molecule has 0 fully saturated rings. The summed E-state index contributed by atoms with van der Waals surface area (Å²) < 4.78 is 24.6. The van der Waals surface area contributed by atoms with Gasteiger partial charge in [-0.2, -0.15) is 0 Å². The summed E-state index contributed by atoms with van der Waals surface area (Å²) in [4.78, 5) is 0. The van der Waals surface area contributed by atoms with Crippen molar-refractivity contribution in [2.24, 2.45) is 5.73 Å². The number of aliphatic hydroxyl groups excluding tert-OH is 1. The molecule has 1 aromatic carbocycles. The Bertz CT molecular complexity index is 423. The highest BCUT2D eigenvalue weighted by Gasteiger charge is 2.21. The number of ether oxygens (including phenoxy) is 2. The van der Waals surface area contributed by atoms with Crippen LogP contribution in [0.15, 0.2) is 12.1 Å².